The number of hydrogen-bond donors (Lipinski definition) is 1. The van der Waals surface area contributed by atoms with E-state index in [0.29, 0.717) is 5.56 Å². The van der Waals surface area contributed by atoms with E-state index < -0.39 is 11.9 Å². The van der Waals surface area contributed by atoms with E-state index in [0.717, 1.165) is 4.90 Å². The topological polar surface area (TPSA) is 83.6 Å². The summed E-state index contributed by atoms with van der Waals surface area (Å²) < 4.78 is 0. The first kappa shape index (κ1) is 15.9. The number of benzene rings is 1. The molecule has 1 unspecified atom stereocenters. The van der Waals surface area contributed by atoms with Crippen molar-refractivity contribution in [1.29, 1.82) is 0 Å². The summed E-state index contributed by atoms with van der Waals surface area (Å²) in [6, 6.07) is 7.77. The third-order valence-electron chi connectivity index (χ3n) is 3.57. The molecule has 1 atom stereocenters. The molecule has 0 bridgehead atoms. The van der Waals surface area contributed by atoms with Crippen LogP contribution in [-0.2, 0) is 14.4 Å². The van der Waals surface area contributed by atoms with Crippen molar-refractivity contribution >= 4 is 23.5 Å². The van der Waals surface area contributed by atoms with E-state index in [2.05, 4.69) is 5.32 Å². The van der Waals surface area contributed by atoms with Crippen molar-refractivity contribution in [3.05, 3.63) is 35.9 Å². The van der Waals surface area contributed by atoms with Gasteiger partial charge in [-0.25, -0.2) is 0 Å². The van der Waals surface area contributed by atoms with Crippen LogP contribution in [0.3, 0.4) is 0 Å². The van der Waals surface area contributed by atoms with Gasteiger partial charge in [0.1, 0.15) is 6.04 Å². The highest BCUT2D eigenvalue weighted by Gasteiger charge is 2.36. The summed E-state index contributed by atoms with van der Waals surface area (Å²) in [5.41, 5.74) is 0.447. The van der Waals surface area contributed by atoms with Crippen molar-refractivity contribution in [2.45, 2.75) is 32.2 Å². The Morgan fingerprint density at radius 2 is 1.91 bits per heavy atom. The van der Waals surface area contributed by atoms with Crippen LogP contribution in [0, 0.1) is 0 Å². The highest BCUT2D eigenvalue weighted by Crippen LogP contribution is 2.14. The molecule has 1 N–H and O–H groups in total. The maximum absolute atomic E-state index is 12.3. The summed E-state index contributed by atoms with van der Waals surface area (Å²) >= 11 is 0. The molecule has 6 nitrogen and oxygen atoms in total. The highest BCUT2D eigenvalue weighted by molar-refractivity contribution is 6.07. The van der Waals surface area contributed by atoms with Crippen LogP contribution in [0.4, 0.5) is 0 Å². The summed E-state index contributed by atoms with van der Waals surface area (Å²) in [5.74, 6) is -1.44. The quantitative estimate of drug-likeness (QED) is 0.647. The third-order valence-corrected chi connectivity index (χ3v) is 3.57. The molecule has 2 rings (SSSR count). The number of nitrogens with zero attached hydrogens (tertiary/aromatic N) is 1. The smallest absolute Gasteiger partial charge is 0.252 e. The summed E-state index contributed by atoms with van der Waals surface area (Å²) in [7, 11) is 0. The normalized spacial score (nSPS) is 18.2. The van der Waals surface area contributed by atoms with Gasteiger partial charge < -0.3 is 5.32 Å². The van der Waals surface area contributed by atoms with Crippen LogP contribution in [-0.4, -0.2) is 41.0 Å². The Hall–Kier alpha value is -2.50. The number of ketones is 1. The zero-order valence-corrected chi connectivity index (χ0v) is 12.4. The third kappa shape index (κ3) is 3.58. The summed E-state index contributed by atoms with van der Waals surface area (Å²) in [4.78, 5) is 48.7. The standard InChI is InChI=1S/C16H18N2O4/c1-2-14(20)17-12-8-9-15(21)18(16(12)22)10-13(19)11-6-4-3-5-7-11/h3-7,12H,2,8-10H2,1H3,(H,17,20). The van der Waals surface area contributed by atoms with Crippen LogP contribution in [0.5, 0.6) is 0 Å². The second kappa shape index (κ2) is 6.98. The van der Waals surface area contributed by atoms with Crippen molar-refractivity contribution in [1.82, 2.24) is 10.2 Å². The molecule has 0 spiro atoms. The molecular weight excluding hydrogens is 284 g/mol. The van der Waals surface area contributed by atoms with Gasteiger partial charge in [-0.2, -0.15) is 0 Å². The van der Waals surface area contributed by atoms with Crippen molar-refractivity contribution in [2.75, 3.05) is 6.54 Å². The van der Waals surface area contributed by atoms with Gasteiger partial charge in [0.25, 0.3) is 5.91 Å². The Balaban J connectivity index is 2.08. The monoisotopic (exact) mass is 302 g/mol. The number of Topliss-reactive ketones (excluding diaryl/α,β-unsaturated/α-hetero) is 1. The molecule has 0 saturated carbocycles. The maximum atomic E-state index is 12.3. The molecule has 1 aromatic carbocycles. The van der Waals surface area contributed by atoms with Crippen LogP contribution in [0.15, 0.2) is 30.3 Å². The number of hydrogen-bond acceptors (Lipinski definition) is 4. The minimum Gasteiger partial charge on any atom is -0.344 e. The molecule has 1 aromatic rings. The van der Waals surface area contributed by atoms with Crippen LogP contribution in [0.2, 0.25) is 0 Å². The number of rotatable bonds is 5. The van der Waals surface area contributed by atoms with Crippen molar-refractivity contribution in [3.8, 4) is 0 Å². The second-order valence-corrected chi connectivity index (χ2v) is 5.12. The fourth-order valence-electron chi connectivity index (χ4n) is 2.29. The predicted octanol–water partition coefficient (Wildman–Crippen LogP) is 0.913. The lowest BCUT2D eigenvalue weighted by atomic mass is 10.0. The first-order chi connectivity index (χ1) is 10.5. The highest BCUT2D eigenvalue weighted by atomic mass is 16.2. The summed E-state index contributed by atoms with van der Waals surface area (Å²) in [5, 5.41) is 2.59. The number of likely N-dealkylation sites (tertiary alicyclic amines) is 1. The first-order valence-corrected chi connectivity index (χ1v) is 7.24. The van der Waals surface area contributed by atoms with Gasteiger partial charge in [0.15, 0.2) is 5.78 Å². The zero-order chi connectivity index (χ0) is 16.1. The first-order valence-electron chi connectivity index (χ1n) is 7.24. The van der Waals surface area contributed by atoms with Crippen LogP contribution in [0.1, 0.15) is 36.5 Å². The number of imide groups is 1. The molecule has 3 amide bonds. The molecule has 6 heteroatoms. The summed E-state index contributed by atoms with van der Waals surface area (Å²) in [6.45, 7) is 1.39. The number of carbonyl (C=O) groups excluding carboxylic acids is 4. The lowest BCUT2D eigenvalue weighted by Crippen LogP contribution is -2.55. The molecule has 0 radical (unpaired) electrons. The molecule has 22 heavy (non-hydrogen) atoms. The Kier molecular flexibility index (Phi) is 5.04. The van der Waals surface area contributed by atoms with Gasteiger partial charge in [-0.1, -0.05) is 37.3 Å². The fraction of sp³-hybridized carbons (Fsp3) is 0.375. The van der Waals surface area contributed by atoms with Crippen molar-refractivity contribution < 1.29 is 19.2 Å². The second-order valence-electron chi connectivity index (χ2n) is 5.12. The molecule has 1 aliphatic heterocycles. The number of amides is 3. The average Bonchev–Trinajstić information content (AvgIpc) is 2.54. The maximum Gasteiger partial charge on any atom is 0.252 e. The van der Waals surface area contributed by atoms with Gasteiger partial charge in [0.2, 0.25) is 11.8 Å². The summed E-state index contributed by atoms with van der Waals surface area (Å²) in [6.07, 6.45) is 0.683. The molecule has 116 valence electrons. The molecule has 0 aliphatic carbocycles. The van der Waals surface area contributed by atoms with Crippen molar-refractivity contribution in [2.24, 2.45) is 0 Å². The molecule has 1 saturated heterocycles. The van der Waals surface area contributed by atoms with Gasteiger partial charge in [-0.3, -0.25) is 24.1 Å². The van der Waals surface area contributed by atoms with E-state index in [1.165, 1.54) is 0 Å². The fourth-order valence-corrected chi connectivity index (χ4v) is 2.29. The largest absolute Gasteiger partial charge is 0.344 e. The Morgan fingerprint density at radius 1 is 1.23 bits per heavy atom. The van der Waals surface area contributed by atoms with E-state index in [4.69, 9.17) is 0 Å². The van der Waals surface area contributed by atoms with Gasteiger partial charge in [-0.15, -0.1) is 0 Å². The Bertz CT molecular complexity index is 597. The average molecular weight is 302 g/mol. The Morgan fingerprint density at radius 3 is 2.55 bits per heavy atom. The van der Waals surface area contributed by atoms with Crippen LogP contribution in [0.25, 0.3) is 0 Å². The van der Waals surface area contributed by atoms with E-state index in [9.17, 15) is 19.2 Å². The molecule has 0 aromatic heterocycles. The van der Waals surface area contributed by atoms with Gasteiger partial charge in [0.05, 0.1) is 6.54 Å². The van der Waals surface area contributed by atoms with Gasteiger partial charge in [-0.05, 0) is 6.42 Å². The Labute approximate surface area is 128 Å². The molecule has 1 aliphatic rings. The SMILES string of the molecule is CCC(=O)NC1CCC(=O)N(CC(=O)c2ccccc2)C1=O. The van der Waals surface area contributed by atoms with Crippen molar-refractivity contribution in [3.63, 3.8) is 0 Å². The van der Waals surface area contributed by atoms with Gasteiger partial charge >= 0.3 is 0 Å². The minimum atomic E-state index is -0.728. The number of carbonyl (C=O) groups is 4. The van der Waals surface area contributed by atoms with E-state index >= 15 is 0 Å². The number of nitrogens with one attached hydrogen (secondary N) is 1. The minimum absolute atomic E-state index is 0.141. The van der Waals surface area contributed by atoms with Gasteiger partial charge in [0, 0.05) is 18.4 Å². The van der Waals surface area contributed by atoms with Crippen LogP contribution < -0.4 is 5.32 Å². The molecular formula is C16H18N2O4. The van der Waals surface area contributed by atoms with E-state index in [1.54, 1.807) is 37.3 Å². The lowest BCUT2D eigenvalue weighted by Gasteiger charge is -2.30. The van der Waals surface area contributed by atoms with Crippen LogP contribution >= 0.6 is 0 Å². The zero-order valence-electron chi connectivity index (χ0n) is 12.4. The lowest BCUT2D eigenvalue weighted by molar-refractivity contribution is -0.150. The molecule has 1 fully saturated rings. The number of piperidine rings is 1. The predicted molar refractivity (Wildman–Crippen MR) is 78.9 cm³/mol. The molecule has 1 heterocycles. The van der Waals surface area contributed by atoms with E-state index in [-0.39, 0.29) is 43.4 Å². The van der Waals surface area contributed by atoms with E-state index in [1.807, 2.05) is 0 Å².